The molecule has 1 aromatic heterocycles. The number of nitrogens with one attached hydrogen (secondary N) is 2. The highest BCUT2D eigenvalue weighted by atomic mass is 32.2. The first-order valence-electron chi connectivity index (χ1n) is 7.82. The van der Waals surface area contributed by atoms with Crippen molar-refractivity contribution in [3.63, 3.8) is 0 Å². The van der Waals surface area contributed by atoms with Crippen molar-refractivity contribution in [2.75, 3.05) is 11.1 Å². The summed E-state index contributed by atoms with van der Waals surface area (Å²) in [6.07, 6.45) is 0. The first-order valence-corrected chi connectivity index (χ1v) is 8.98. The molecule has 7 nitrogen and oxygen atoms in total. The van der Waals surface area contributed by atoms with Crippen LogP contribution in [0.2, 0.25) is 0 Å². The summed E-state index contributed by atoms with van der Waals surface area (Å²) in [6.45, 7) is 7.49. The van der Waals surface area contributed by atoms with Gasteiger partial charge < -0.3 is 15.2 Å². The highest BCUT2D eigenvalue weighted by Crippen LogP contribution is 2.13. The molecule has 134 valence electrons. The van der Waals surface area contributed by atoms with Crippen LogP contribution in [0.5, 0.6) is 0 Å². The lowest BCUT2D eigenvalue weighted by Crippen LogP contribution is -2.40. The predicted molar refractivity (Wildman–Crippen MR) is 97.5 cm³/mol. The number of hydrogen-bond acceptors (Lipinski definition) is 6. The fraction of sp³-hybridized carbons (Fsp3) is 0.412. The van der Waals surface area contributed by atoms with Gasteiger partial charge in [-0.15, -0.1) is 11.8 Å². The summed E-state index contributed by atoms with van der Waals surface area (Å²) < 4.78 is 4.87. The summed E-state index contributed by atoms with van der Waals surface area (Å²) in [5.41, 5.74) is 0.904. The third-order valence-corrected chi connectivity index (χ3v) is 3.88. The van der Waals surface area contributed by atoms with Gasteiger partial charge in [-0.25, -0.2) is 0 Å². The Balaban J connectivity index is 1.80. The number of hydrogen-bond donors (Lipinski definition) is 2. The summed E-state index contributed by atoms with van der Waals surface area (Å²) in [6, 6.07) is 6.79. The van der Waals surface area contributed by atoms with Crippen LogP contribution in [-0.2, 0) is 10.5 Å². The molecule has 0 spiro atoms. The molecule has 0 aliphatic heterocycles. The molecule has 2 aromatic rings. The van der Waals surface area contributed by atoms with Crippen molar-refractivity contribution < 1.29 is 14.1 Å². The molecule has 0 radical (unpaired) electrons. The van der Waals surface area contributed by atoms with E-state index < -0.39 is 0 Å². The number of carbonyl (C=O) groups excluding carboxylic acids is 2. The summed E-state index contributed by atoms with van der Waals surface area (Å²) >= 11 is 1.40. The fourth-order valence-electron chi connectivity index (χ4n) is 1.95. The number of anilines is 1. The second kappa shape index (κ2) is 8.15. The number of aryl methyl sites for hydroxylation is 1. The Bertz CT molecular complexity index is 735. The number of rotatable bonds is 6. The minimum atomic E-state index is -0.293. The van der Waals surface area contributed by atoms with Crippen molar-refractivity contribution >= 4 is 29.3 Å². The van der Waals surface area contributed by atoms with E-state index in [2.05, 4.69) is 20.8 Å². The zero-order valence-electron chi connectivity index (χ0n) is 14.8. The van der Waals surface area contributed by atoms with Gasteiger partial charge in [-0.3, -0.25) is 9.59 Å². The average molecular weight is 362 g/mol. The van der Waals surface area contributed by atoms with Gasteiger partial charge >= 0.3 is 0 Å². The van der Waals surface area contributed by atoms with Gasteiger partial charge in [-0.1, -0.05) is 5.16 Å². The Morgan fingerprint density at radius 1 is 1.20 bits per heavy atom. The van der Waals surface area contributed by atoms with E-state index in [0.717, 1.165) is 0 Å². The Hall–Kier alpha value is -2.35. The molecule has 0 unspecified atom stereocenters. The van der Waals surface area contributed by atoms with Gasteiger partial charge in [0, 0.05) is 23.7 Å². The van der Waals surface area contributed by atoms with Crippen LogP contribution < -0.4 is 10.6 Å². The Kier molecular flexibility index (Phi) is 6.19. The van der Waals surface area contributed by atoms with E-state index in [0.29, 0.717) is 28.7 Å². The monoisotopic (exact) mass is 362 g/mol. The van der Waals surface area contributed by atoms with Crippen molar-refractivity contribution in [3.8, 4) is 0 Å². The average Bonchev–Trinajstić information content (AvgIpc) is 2.91. The first kappa shape index (κ1) is 19.0. The Morgan fingerprint density at radius 2 is 1.88 bits per heavy atom. The number of carbonyl (C=O) groups is 2. The summed E-state index contributed by atoms with van der Waals surface area (Å²) in [5.74, 6) is 1.60. The zero-order valence-corrected chi connectivity index (χ0v) is 15.6. The van der Waals surface area contributed by atoms with Crippen molar-refractivity contribution in [2.24, 2.45) is 0 Å². The molecule has 1 aromatic carbocycles. The standard InChI is InChI=1S/C17H22N4O3S/c1-11-18-14(21-24-11)9-25-10-15(22)19-13-7-5-12(6-8-13)16(23)20-17(2,3)4/h5-8H,9-10H2,1-4H3,(H,19,22)(H,20,23). The third kappa shape index (κ3) is 6.58. The quantitative estimate of drug-likeness (QED) is 0.820. The highest BCUT2D eigenvalue weighted by molar-refractivity contribution is 7.99. The Morgan fingerprint density at radius 3 is 2.44 bits per heavy atom. The third-order valence-electron chi connectivity index (χ3n) is 2.95. The maximum Gasteiger partial charge on any atom is 0.251 e. The molecule has 2 N–H and O–H groups in total. The molecule has 2 amide bonds. The highest BCUT2D eigenvalue weighted by Gasteiger charge is 2.15. The molecule has 0 saturated carbocycles. The molecule has 0 fully saturated rings. The van der Waals surface area contributed by atoms with Crippen LogP contribution in [0.4, 0.5) is 5.69 Å². The number of benzene rings is 1. The van der Waals surface area contributed by atoms with E-state index in [1.54, 1.807) is 31.2 Å². The molecule has 8 heteroatoms. The van der Waals surface area contributed by atoms with E-state index in [1.807, 2.05) is 20.8 Å². The zero-order chi connectivity index (χ0) is 18.4. The maximum atomic E-state index is 12.1. The van der Waals surface area contributed by atoms with Gasteiger partial charge in [0.05, 0.1) is 11.5 Å². The van der Waals surface area contributed by atoms with Crippen LogP contribution in [0.1, 0.15) is 42.8 Å². The lowest BCUT2D eigenvalue weighted by Gasteiger charge is -2.20. The van der Waals surface area contributed by atoms with Gasteiger partial charge in [0.15, 0.2) is 5.82 Å². The van der Waals surface area contributed by atoms with Crippen molar-refractivity contribution in [1.82, 2.24) is 15.5 Å². The van der Waals surface area contributed by atoms with Gasteiger partial charge in [0.25, 0.3) is 5.91 Å². The fourth-order valence-corrected chi connectivity index (χ4v) is 2.61. The van der Waals surface area contributed by atoms with E-state index in [1.165, 1.54) is 11.8 Å². The SMILES string of the molecule is Cc1nc(CSCC(=O)Nc2ccc(C(=O)NC(C)(C)C)cc2)no1. The molecule has 0 aliphatic carbocycles. The lowest BCUT2D eigenvalue weighted by atomic mass is 10.1. The number of aromatic nitrogens is 2. The minimum absolute atomic E-state index is 0.128. The molecule has 0 atom stereocenters. The van der Waals surface area contributed by atoms with E-state index in [-0.39, 0.29) is 23.1 Å². The number of thioether (sulfide) groups is 1. The number of nitrogens with zero attached hydrogens (tertiary/aromatic N) is 2. The summed E-state index contributed by atoms with van der Waals surface area (Å²) in [7, 11) is 0. The lowest BCUT2D eigenvalue weighted by molar-refractivity contribution is -0.113. The molecular formula is C17H22N4O3S. The van der Waals surface area contributed by atoms with E-state index >= 15 is 0 Å². The Labute approximate surface area is 151 Å². The van der Waals surface area contributed by atoms with Crippen molar-refractivity contribution in [2.45, 2.75) is 39.0 Å². The van der Waals surface area contributed by atoms with Crippen LogP contribution in [0, 0.1) is 6.92 Å². The second-order valence-electron chi connectivity index (χ2n) is 6.55. The maximum absolute atomic E-state index is 12.1. The predicted octanol–water partition coefficient (Wildman–Crippen LogP) is 2.78. The second-order valence-corrected chi connectivity index (χ2v) is 7.54. The molecule has 25 heavy (non-hydrogen) atoms. The van der Waals surface area contributed by atoms with Gasteiger partial charge in [0.2, 0.25) is 11.8 Å². The largest absolute Gasteiger partial charge is 0.347 e. The first-order chi connectivity index (χ1) is 11.7. The van der Waals surface area contributed by atoms with E-state index in [9.17, 15) is 9.59 Å². The van der Waals surface area contributed by atoms with Crippen LogP contribution in [0.15, 0.2) is 28.8 Å². The topological polar surface area (TPSA) is 97.1 Å². The van der Waals surface area contributed by atoms with Crippen LogP contribution in [-0.4, -0.2) is 33.2 Å². The molecule has 1 heterocycles. The van der Waals surface area contributed by atoms with Crippen LogP contribution in [0.3, 0.4) is 0 Å². The normalized spacial score (nSPS) is 11.2. The van der Waals surface area contributed by atoms with Gasteiger partial charge in [-0.2, -0.15) is 4.98 Å². The van der Waals surface area contributed by atoms with Crippen LogP contribution in [0.25, 0.3) is 0 Å². The molecule has 0 saturated heterocycles. The van der Waals surface area contributed by atoms with Crippen molar-refractivity contribution in [1.29, 1.82) is 0 Å². The summed E-state index contributed by atoms with van der Waals surface area (Å²) in [5, 5.41) is 9.46. The van der Waals surface area contributed by atoms with Gasteiger partial charge in [0.1, 0.15) is 0 Å². The summed E-state index contributed by atoms with van der Waals surface area (Å²) in [4.78, 5) is 28.1. The van der Waals surface area contributed by atoms with E-state index in [4.69, 9.17) is 4.52 Å². The van der Waals surface area contributed by atoms with Gasteiger partial charge in [-0.05, 0) is 45.0 Å². The molecule has 0 bridgehead atoms. The minimum Gasteiger partial charge on any atom is -0.347 e. The molecule has 0 aliphatic rings. The van der Waals surface area contributed by atoms with Crippen molar-refractivity contribution in [3.05, 3.63) is 41.5 Å². The molecule has 2 rings (SSSR count). The smallest absolute Gasteiger partial charge is 0.251 e. The molecular weight excluding hydrogens is 340 g/mol. The number of amides is 2. The van der Waals surface area contributed by atoms with Crippen LogP contribution >= 0.6 is 11.8 Å².